The molecular formula is C14H22N4OS. The van der Waals surface area contributed by atoms with Crippen molar-refractivity contribution in [1.29, 1.82) is 0 Å². The zero-order chi connectivity index (χ0) is 14.1. The standard InChI is InChI=1S/C14H22N4OS/c1-17-8-10(5-16-17)12-6-15-7-13(12)14(19)18(2)11-3-4-20-9-11/h5,8,11-13,15H,3-4,6-7,9H2,1-2H3/t11?,12-,13+/m1/s1. The van der Waals surface area contributed by atoms with Crippen LogP contribution < -0.4 is 5.32 Å². The summed E-state index contributed by atoms with van der Waals surface area (Å²) in [7, 11) is 3.89. The molecule has 0 aliphatic carbocycles. The molecule has 110 valence electrons. The Morgan fingerprint density at radius 3 is 3.05 bits per heavy atom. The van der Waals surface area contributed by atoms with Crippen molar-refractivity contribution in [1.82, 2.24) is 20.0 Å². The van der Waals surface area contributed by atoms with E-state index in [0.29, 0.717) is 6.04 Å². The maximum atomic E-state index is 12.8. The third-order valence-corrected chi connectivity index (χ3v) is 5.63. The van der Waals surface area contributed by atoms with Crippen LogP contribution in [0.5, 0.6) is 0 Å². The molecular weight excluding hydrogens is 272 g/mol. The fourth-order valence-corrected chi connectivity index (χ4v) is 4.46. The van der Waals surface area contributed by atoms with Gasteiger partial charge < -0.3 is 10.2 Å². The number of hydrogen-bond donors (Lipinski definition) is 1. The highest BCUT2D eigenvalue weighted by Crippen LogP contribution is 2.31. The van der Waals surface area contributed by atoms with E-state index in [4.69, 9.17) is 0 Å². The van der Waals surface area contributed by atoms with Gasteiger partial charge in [0.1, 0.15) is 0 Å². The van der Waals surface area contributed by atoms with Crippen LogP contribution in [0.25, 0.3) is 0 Å². The molecule has 2 aliphatic heterocycles. The highest BCUT2D eigenvalue weighted by Gasteiger charge is 2.38. The summed E-state index contributed by atoms with van der Waals surface area (Å²) in [6.07, 6.45) is 5.05. The van der Waals surface area contributed by atoms with E-state index in [1.807, 2.05) is 47.8 Å². The smallest absolute Gasteiger partial charge is 0.227 e. The SMILES string of the molecule is CN(C(=O)[C@H]1CNC[C@@H]1c1cnn(C)c1)C1CCSC1. The molecule has 20 heavy (non-hydrogen) atoms. The molecule has 0 radical (unpaired) electrons. The first-order chi connectivity index (χ1) is 9.66. The summed E-state index contributed by atoms with van der Waals surface area (Å²) in [6.45, 7) is 1.65. The van der Waals surface area contributed by atoms with Crippen molar-refractivity contribution in [3.63, 3.8) is 0 Å². The molecule has 1 unspecified atom stereocenters. The van der Waals surface area contributed by atoms with E-state index in [1.165, 1.54) is 11.3 Å². The number of aryl methyl sites for hydroxylation is 1. The van der Waals surface area contributed by atoms with Gasteiger partial charge in [-0.05, 0) is 17.7 Å². The number of amides is 1. The molecule has 0 spiro atoms. The van der Waals surface area contributed by atoms with Crippen LogP contribution >= 0.6 is 11.8 Å². The molecule has 0 saturated carbocycles. The van der Waals surface area contributed by atoms with Gasteiger partial charge in [-0.15, -0.1) is 0 Å². The Balaban J connectivity index is 1.72. The molecule has 1 aromatic heterocycles. The van der Waals surface area contributed by atoms with Crippen molar-refractivity contribution >= 4 is 17.7 Å². The third kappa shape index (κ3) is 2.59. The van der Waals surface area contributed by atoms with Gasteiger partial charge >= 0.3 is 0 Å². The van der Waals surface area contributed by atoms with Gasteiger partial charge in [-0.25, -0.2) is 0 Å². The normalized spacial score (nSPS) is 29.8. The molecule has 3 atom stereocenters. The van der Waals surface area contributed by atoms with Crippen molar-refractivity contribution in [3.05, 3.63) is 18.0 Å². The molecule has 1 amide bonds. The van der Waals surface area contributed by atoms with E-state index in [1.54, 1.807) is 0 Å². The van der Waals surface area contributed by atoms with Crippen LogP contribution in [0.1, 0.15) is 17.9 Å². The second-order valence-electron chi connectivity index (χ2n) is 5.79. The summed E-state index contributed by atoms with van der Waals surface area (Å²) in [5.41, 5.74) is 1.17. The number of carbonyl (C=O) groups excluding carboxylic acids is 1. The second kappa shape index (κ2) is 5.77. The van der Waals surface area contributed by atoms with Crippen LogP contribution in [-0.2, 0) is 11.8 Å². The van der Waals surface area contributed by atoms with Crippen LogP contribution in [0.4, 0.5) is 0 Å². The Kier molecular flexibility index (Phi) is 4.03. The van der Waals surface area contributed by atoms with Gasteiger partial charge in [0.05, 0.1) is 12.1 Å². The number of rotatable bonds is 3. The zero-order valence-electron chi connectivity index (χ0n) is 12.1. The number of aromatic nitrogens is 2. The minimum absolute atomic E-state index is 0.0507. The maximum Gasteiger partial charge on any atom is 0.227 e. The first-order valence-corrected chi connectivity index (χ1v) is 8.36. The van der Waals surface area contributed by atoms with Crippen LogP contribution in [0.3, 0.4) is 0 Å². The number of nitrogens with one attached hydrogen (secondary N) is 1. The lowest BCUT2D eigenvalue weighted by Gasteiger charge is -2.28. The number of thioether (sulfide) groups is 1. The average molecular weight is 294 g/mol. The van der Waals surface area contributed by atoms with Gasteiger partial charge in [0, 0.05) is 51.1 Å². The molecule has 1 aromatic rings. The first-order valence-electron chi connectivity index (χ1n) is 7.20. The molecule has 2 aliphatic rings. The minimum atomic E-state index is 0.0507. The number of carbonyl (C=O) groups is 1. The molecule has 5 nitrogen and oxygen atoms in total. The summed E-state index contributed by atoms with van der Waals surface area (Å²) in [6, 6.07) is 0.419. The summed E-state index contributed by atoms with van der Waals surface area (Å²) in [5.74, 6) is 2.86. The molecule has 6 heteroatoms. The van der Waals surface area contributed by atoms with Gasteiger partial charge in [-0.1, -0.05) is 0 Å². The Hall–Kier alpha value is -1.01. The van der Waals surface area contributed by atoms with Crippen LogP contribution in [0, 0.1) is 5.92 Å². The lowest BCUT2D eigenvalue weighted by atomic mass is 9.89. The molecule has 1 N–H and O–H groups in total. The quantitative estimate of drug-likeness (QED) is 0.891. The van der Waals surface area contributed by atoms with Crippen molar-refractivity contribution in [2.24, 2.45) is 13.0 Å². The van der Waals surface area contributed by atoms with Gasteiger partial charge in [-0.3, -0.25) is 9.48 Å². The predicted octanol–water partition coefficient (Wildman–Crippen LogP) is 0.687. The van der Waals surface area contributed by atoms with E-state index >= 15 is 0 Å². The van der Waals surface area contributed by atoms with Crippen molar-refractivity contribution in [2.45, 2.75) is 18.4 Å². The van der Waals surface area contributed by atoms with Gasteiger partial charge in [0.25, 0.3) is 0 Å². The van der Waals surface area contributed by atoms with Crippen LogP contribution in [0.2, 0.25) is 0 Å². The molecule has 0 bridgehead atoms. The Morgan fingerprint density at radius 2 is 2.40 bits per heavy atom. The van der Waals surface area contributed by atoms with E-state index in [2.05, 4.69) is 10.4 Å². The van der Waals surface area contributed by atoms with E-state index in [-0.39, 0.29) is 17.7 Å². The summed E-state index contributed by atoms with van der Waals surface area (Å²) in [4.78, 5) is 14.8. The Morgan fingerprint density at radius 1 is 1.55 bits per heavy atom. The van der Waals surface area contributed by atoms with Crippen molar-refractivity contribution in [3.8, 4) is 0 Å². The predicted molar refractivity (Wildman–Crippen MR) is 80.8 cm³/mol. The number of nitrogens with zero attached hydrogens (tertiary/aromatic N) is 3. The van der Waals surface area contributed by atoms with E-state index in [0.717, 1.165) is 25.3 Å². The highest BCUT2D eigenvalue weighted by atomic mass is 32.2. The van der Waals surface area contributed by atoms with Gasteiger partial charge in [0.2, 0.25) is 5.91 Å². The first kappa shape index (κ1) is 13.9. The van der Waals surface area contributed by atoms with Crippen molar-refractivity contribution < 1.29 is 4.79 Å². The van der Waals surface area contributed by atoms with Gasteiger partial charge in [0.15, 0.2) is 0 Å². The summed E-state index contributed by atoms with van der Waals surface area (Å²) in [5, 5.41) is 7.60. The largest absolute Gasteiger partial charge is 0.342 e. The fraction of sp³-hybridized carbons (Fsp3) is 0.714. The monoisotopic (exact) mass is 294 g/mol. The number of hydrogen-bond acceptors (Lipinski definition) is 4. The summed E-state index contributed by atoms with van der Waals surface area (Å²) < 4.78 is 1.81. The highest BCUT2D eigenvalue weighted by molar-refractivity contribution is 7.99. The van der Waals surface area contributed by atoms with Gasteiger partial charge in [-0.2, -0.15) is 16.9 Å². The molecule has 2 saturated heterocycles. The topological polar surface area (TPSA) is 50.2 Å². The second-order valence-corrected chi connectivity index (χ2v) is 6.93. The minimum Gasteiger partial charge on any atom is -0.342 e. The third-order valence-electron chi connectivity index (χ3n) is 4.49. The van der Waals surface area contributed by atoms with Crippen LogP contribution in [-0.4, -0.2) is 58.3 Å². The fourth-order valence-electron chi connectivity index (χ4n) is 3.19. The van der Waals surface area contributed by atoms with Crippen molar-refractivity contribution in [2.75, 3.05) is 31.6 Å². The summed E-state index contributed by atoms with van der Waals surface area (Å²) >= 11 is 1.95. The molecule has 2 fully saturated rings. The van der Waals surface area contributed by atoms with E-state index in [9.17, 15) is 4.79 Å². The zero-order valence-corrected chi connectivity index (χ0v) is 12.9. The Labute approximate surface area is 124 Å². The lowest BCUT2D eigenvalue weighted by molar-refractivity contribution is -0.135. The maximum absolute atomic E-state index is 12.8. The lowest BCUT2D eigenvalue weighted by Crippen LogP contribution is -2.42. The average Bonchev–Trinajstić information content (AvgIpc) is 3.17. The molecule has 3 heterocycles. The van der Waals surface area contributed by atoms with Crippen LogP contribution in [0.15, 0.2) is 12.4 Å². The Bertz CT molecular complexity index is 483. The molecule has 3 rings (SSSR count). The van der Waals surface area contributed by atoms with E-state index < -0.39 is 0 Å². The molecule has 0 aromatic carbocycles.